The molecule has 0 fully saturated rings. The van der Waals surface area contributed by atoms with Crippen LogP contribution in [0.25, 0.3) is 0 Å². The molecule has 0 aromatic carbocycles. The summed E-state index contributed by atoms with van der Waals surface area (Å²) in [5.74, 6) is 0.713. The number of hydrogen-bond donors (Lipinski definition) is 0. The van der Waals surface area contributed by atoms with Crippen molar-refractivity contribution in [2.24, 2.45) is 5.92 Å². The highest BCUT2D eigenvalue weighted by atomic mass is 16.5. The summed E-state index contributed by atoms with van der Waals surface area (Å²) in [6.07, 6.45) is 4.34. The Kier molecular flexibility index (Phi) is 13.2. The maximum Gasteiger partial charge on any atom is 0.0568 e. The molecule has 12 heavy (non-hydrogen) atoms. The lowest BCUT2D eigenvalue weighted by atomic mass is 9.99. The van der Waals surface area contributed by atoms with Gasteiger partial charge in [0.15, 0.2) is 0 Å². The van der Waals surface area contributed by atoms with E-state index in [1.165, 1.54) is 19.3 Å². The molecule has 0 bridgehead atoms. The molecule has 2 atom stereocenters. The van der Waals surface area contributed by atoms with Gasteiger partial charge in [-0.15, -0.1) is 0 Å². The Balaban J connectivity index is 0. The molecule has 0 aliphatic heterocycles. The average molecular weight is 174 g/mol. The molecule has 0 spiro atoms. The van der Waals surface area contributed by atoms with E-state index in [4.69, 9.17) is 4.74 Å². The van der Waals surface area contributed by atoms with Gasteiger partial charge in [0.25, 0.3) is 0 Å². The van der Waals surface area contributed by atoms with Crippen molar-refractivity contribution in [1.82, 2.24) is 0 Å². The standard InChI is InChI=1S/C9H20O.C2H6/c1-5-6-7-8(2)9(3)10-4;1-2/h8-9H,5-7H2,1-4H3;1-2H3. The van der Waals surface area contributed by atoms with Gasteiger partial charge in [-0.2, -0.15) is 0 Å². The fraction of sp³-hybridized carbons (Fsp3) is 1.00. The lowest BCUT2D eigenvalue weighted by Gasteiger charge is -2.17. The SMILES string of the molecule is CC.CCCCC(C)C(C)OC. The highest BCUT2D eigenvalue weighted by Gasteiger charge is 2.09. The Hall–Kier alpha value is -0.0400. The molecule has 0 saturated carbocycles. The molecule has 2 unspecified atom stereocenters. The van der Waals surface area contributed by atoms with Crippen LogP contribution in [0.15, 0.2) is 0 Å². The van der Waals surface area contributed by atoms with Gasteiger partial charge in [-0.1, -0.05) is 40.5 Å². The second-order valence-corrected chi connectivity index (χ2v) is 3.06. The van der Waals surface area contributed by atoms with Crippen LogP contribution in [0.2, 0.25) is 0 Å². The molecule has 0 aliphatic carbocycles. The number of hydrogen-bond acceptors (Lipinski definition) is 1. The van der Waals surface area contributed by atoms with Gasteiger partial charge in [-0.3, -0.25) is 0 Å². The summed E-state index contributed by atoms with van der Waals surface area (Å²) in [7, 11) is 1.78. The van der Waals surface area contributed by atoms with Crippen molar-refractivity contribution in [2.45, 2.75) is 60.0 Å². The van der Waals surface area contributed by atoms with Crippen molar-refractivity contribution in [3.05, 3.63) is 0 Å². The lowest BCUT2D eigenvalue weighted by Crippen LogP contribution is -2.15. The van der Waals surface area contributed by atoms with Crippen LogP contribution < -0.4 is 0 Å². The van der Waals surface area contributed by atoms with Crippen molar-refractivity contribution in [3.8, 4) is 0 Å². The first-order valence-corrected chi connectivity index (χ1v) is 5.25. The third-order valence-electron chi connectivity index (χ3n) is 2.19. The van der Waals surface area contributed by atoms with Gasteiger partial charge in [0, 0.05) is 7.11 Å². The molecule has 0 aromatic rings. The van der Waals surface area contributed by atoms with E-state index in [9.17, 15) is 0 Å². The molecule has 0 heterocycles. The molecular formula is C11H26O. The molecule has 0 rings (SSSR count). The summed E-state index contributed by atoms with van der Waals surface area (Å²) in [6, 6.07) is 0. The fourth-order valence-electron chi connectivity index (χ4n) is 0.993. The quantitative estimate of drug-likeness (QED) is 0.614. The molecule has 1 heteroatoms. The monoisotopic (exact) mass is 174 g/mol. The maximum atomic E-state index is 5.21. The van der Waals surface area contributed by atoms with Gasteiger partial charge in [0.1, 0.15) is 0 Å². The van der Waals surface area contributed by atoms with Crippen LogP contribution in [-0.4, -0.2) is 13.2 Å². The zero-order valence-corrected chi connectivity index (χ0v) is 9.68. The van der Waals surface area contributed by atoms with Crippen LogP contribution in [0.1, 0.15) is 53.9 Å². The predicted octanol–water partition coefficient (Wildman–Crippen LogP) is 3.87. The van der Waals surface area contributed by atoms with Crippen LogP contribution in [0, 0.1) is 5.92 Å². The number of unbranched alkanes of at least 4 members (excludes halogenated alkanes) is 1. The van der Waals surface area contributed by atoms with Gasteiger partial charge in [-0.05, 0) is 19.3 Å². The number of ether oxygens (including phenoxy) is 1. The van der Waals surface area contributed by atoms with Gasteiger partial charge < -0.3 is 4.74 Å². The third-order valence-corrected chi connectivity index (χ3v) is 2.19. The number of rotatable bonds is 5. The van der Waals surface area contributed by atoms with Crippen molar-refractivity contribution >= 4 is 0 Å². The van der Waals surface area contributed by atoms with E-state index in [0.29, 0.717) is 12.0 Å². The third kappa shape index (κ3) is 8.06. The van der Waals surface area contributed by atoms with E-state index < -0.39 is 0 Å². The van der Waals surface area contributed by atoms with E-state index in [-0.39, 0.29) is 0 Å². The van der Waals surface area contributed by atoms with E-state index in [1.54, 1.807) is 7.11 Å². The van der Waals surface area contributed by atoms with Crippen LogP contribution in [0.5, 0.6) is 0 Å². The van der Waals surface area contributed by atoms with Gasteiger partial charge in [-0.25, -0.2) is 0 Å². The summed E-state index contributed by atoms with van der Waals surface area (Å²) in [6.45, 7) is 10.6. The normalized spacial score (nSPS) is 14.5. The molecule has 0 radical (unpaired) electrons. The largest absolute Gasteiger partial charge is 0.381 e. The molecule has 0 aliphatic rings. The second-order valence-electron chi connectivity index (χ2n) is 3.06. The first-order chi connectivity index (χ1) is 5.72. The molecular weight excluding hydrogens is 148 g/mol. The van der Waals surface area contributed by atoms with Crippen LogP contribution in [-0.2, 0) is 4.74 Å². The van der Waals surface area contributed by atoms with E-state index >= 15 is 0 Å². The maximum absolute atomic E-state index is 5.21. The summed E-state index contributed by atoms with van der Waals surface area (Å²) in [5, 5.41) is 0. The molecule has 0 saturated heterocycles. The first-order valence-electron chi connectivity index (χ1n) is 5.25. The topological polar surface area (TPSA) is 9.23 Å². The summed E-state index contributed by atoms with van der Waals surface area (Å²) in [5.41, 5.74) is 0. The van der Waals surface area contributed by atoms with Crippen molar-refractivity contribution < 1.29 is 4.74 Å². The van der Waals surface area contributed by atoms with E-state index in [2.05, 4.69) is 20.8 Å². The Labute approximate surface area is 78.5 Å². The van der Waals surface area contributed by atoms with Gasteiger partial charge >= 0.3 is 0 Å². The van der Waals surface area contributed by atoms with Crippen molar-refractivity contribution in [2.75, 3.05) is 7.11 Å². The Morgan fingerprint density at radius 1 is 1.17 bits per heavy atom. The zero-order chi connectivity index (χ0) is 9.98. The minimum Gasteiger partial charge on any atom is -0.381 e. The fourth-order valence-corrected chi connectivity index (χ4v) is 0.993. The second kappa shape index (κ2) is 11.0. The smallest absolute Gasteiger partial charge is 0.0568 e. The average Bonchev–Trinajstić information content (AvgIpc) is 2.16. The Bertz CT molecular complexity index is 71.4. The molecule has 0 aromatic heterocycles. The van der Waals surface area contributed by atoms with Crippen LogP contribution in [0.4, 0.5) is 0 Å². The lowest BCUT2D eigenvalue weighted by molar-refractivity contribution is 0.0695. The highest BCUT2D eigenvalue weighted by molar-refractivity contribution is 4.59. The molecule has 1 nitrogen and oxygen atoms in total. The minimum atomic E-state index is 0.423. The van der Waals surface area contributed by atoms with Gasteiger partial charge in [0.05, 0.1) is 6.10 Å². The minimum absolute atomic E-state index is 0.423. The Morgan fingerprint density at radius 3 is 2.00 bits per heavy atom. The molecule has 0 amide bonds. The van der Waals surface area contributed by atoms with Crippen molar-refractivity contribution in [1.29, 1.82) is 0 Å². The zero-order valence-electron chi connectivity index (χ0n) is 9.68. The van der Waals surface area contributed by atoms with Crippen LogP contribution >= 0.6 is 0 Å². The van der Waals surface area contributed by atoms with Crippen LogP contribution in [0.3, 0.4) is 0 Å². The molecule has 76 valence electrons. The highest BCUT2D eigenvalue weighted by Crippen LogP contribution is 2.13. The Morgan fingerprint density at radius 2 is 1.67 bits per heavy atom. The number of methoxy groups -OCH3 is 1. The molecule has 0 N–H and O–H groups in total. The van der Waals surface area contributed by atoms with E-state index in [0.717, 1.165) is 0 Å². The first kappa shape index (κ1) is 14.5. The summed E-state index contributed by atoms with van der Waals surface area (Å²) < 4.78 is 5.21. The summed E-state index contributed by atoms with van der Waals surface area (Å²) >= 11 is 0. The van der Waals surface area contributed by atoms with E-state index in [1.807, 2.05) is 13.8 Å². The van der Waals surface area contributed by atoms with Crippen molar-refractivity contribution in [3.63, 3.8) is 0 Å². The predicted molar refractivity (Wildman–Crippen MR) is 56.5 cm³/mol. The van der Waals surface area contributed by atoms with Gasteiger partial charge in [0.2, 0.25) is 0 Å². The summed E-state index contributed by atoms with van der Waals surface area (Å²) in [4.78, 5) is 0.